The molecule has 1 amide bonds. The highest BCUT2D eigenvalue weighted by molar-refractivity contribution is 5.92. The fraction of sp³-hybridized carbons (Fsp3) is 0.583. The van der Waals surface area contributed by atoms with E-state index < -0.39 is 12.0 Å². The van der Waals surface area contributed by atoms with Gasteiger partial charge >= 0.3 is 5.97 Å². The highest BCUT2D eigenvalue weighted by Gasteiger charge is 2.28. The van der Waals surface area contributed by atoms with Crippen LogP contribution in [0.15, 0.2) is 12.5 Å². The van der Waals surface area contributed by atoms with E-state index in [9.17, 15) is 9.59 Å². The SMILES string of the molecule is CC(C(=O)O)N1CCN(C(=O)c2cn(C)cn2)CC1. The lowest BCUT2D eigenvalue weighted by Crippen LogP contribution is -2.53. The molecule has 7 heteroatoms. The maximum absolute atomic E-state index is 12.1. The number of aryl methyl sites for hydroxylation is 1. The van der Waals surface area contributed by atoms with Crippen molar-refractivity contribution in [2.45, 2.75) is 13.0 Å². The van der Waals surface area contributed by atoms with Gasteiger partial charge in [0.05, 0.1) is 6.33 Å². The molecule has 0 saturated carbocycles. The molecule has 1 aliphatic heterocycles. The van der Waals surface area contributed by atoms with Crippen molar-refractivity contribution in [1.82, 2.24) is 19.4 Å². The van der Waals surface area contributed by atoms with Crippen LogP contribution in [-0.4, -0.2) is 68.6 Å². The topological polar surface area (TPSA) is 78.7 Å². The van der Waals surface area contributed by atoms with Gasteiger partial charge < -0.3 is 14.6 Å². The molecule has 7 nitrogen and oxygen atoms in total. The molecule has 0 bridgehead atoms. The van der Waals surface area contributed by atoms with Crippen LogP contribution in [0.25, 0.3) is 0 Å². The second kappa shape index (κ2) is 5.40. The molecule has 19 heavy (non-hydrogen) atoms. The first-order chi connectivity index (χ1) is 8.99. The predicted octanol–water partition coefficient (Wildman–Crippen LogP) is -0.349. The fourth-order valence-electron chi connectivity index (χ4n) is 2.15. The summed E-state index contributed by atoms with van der Waals surface area (Å²) in [6, 6.07) is -0.507. The van der Waals surface area contributed by atoms with Gasteiger partial charge in [0.1, 0.15) is 11.7 Å². The molecular formula is C12H18N4O3. The molecule has 2 rings (SSSR count). The molecule has 1 aliphatic rings. The molecule has 0 aliphatic carbocycles. The third-order valence-corrected chi connectivity index (χ3v) is 3.43. The summed E-state index contributed by atoms with van der Waals surface area (Å²) in [5, 5.41) is 8.96. The van der Waals surface area contributed by atoms with Crippen molar-refractivity contribution in [3.63, 3.8) is 0 Å². The molecule has 0 spiro atoms. The van der Waals surface area contributed by atoms with Crippen LogP contribution in [-0.2, 0) is 11.8 Å². The average molecular weight is 266 g/mol. The summed E-state index contributed by atoms with van der Waals surface area (Å²) >= 11 is 0. The lowest BCUT2D eigenvalue weighted by Gasteiger charge is -2.36. The minimum absolute atomic E-state index is 0.0942. The Kier molecular flexibility index (Phi) is 3.84. The lowest BCUT2D eigenvalue weighted by molar-refractivity contribution is -0.143. The largest absolute Gasteiger partial charge is 0.480 e. The molecule has 2 heterocycles. The third kappa shape index (κ3) is 2.93. The minimum atomic E-state index is -0.829. The number of nitrogens with zero attached hydrogens (tertiary/aromatic N) is 4. The van der Waals surface area contributed by atoms with E-state index in [0.717, 1.165) is 0 Å². The number of carboxylic acids is 1. The molecule has 1 unspecified atom stereocenters. The monoisotopic (exact) mass is 266 g/mol. The molecule has 0 radical (unpaired) electrons. The molecule has 1 saturated heterocycles. The van der Waals surface area contributed by atoms with Gasteiger partial charge in [-0.25, -0.2) is 4.98 Å². The summed E-state index contributed by atoms with van der Waals surface area (Å²) in [5.74, 6) is -0.923. The van der Waals surface area contributed by atoms with Crippen LogP contribution in [0.3, 0.4) is 0 Å². The van der Waals surface area contributed by atoms with E-state index in [1.807, 2.05) is 11.9 Å². The number of aromatic nitrogens is 2. The average Bonchev–Trinajstić information content (AvgIpc) is 2.84. The summed E-state index contributed by atoms with van der Waals surface area (Å²) < 4.78 is 1.73. The molecule has 1 fully saturated rings. The standard InChI is InChI=1S/C12H18N4O3/c1-9(12(18)19)15-3-5-16(6-4-15)11(17)10-7-14(2)8-13-10/h7-9H,3-6H2,1-2H3,(H,18,19). The molecule has 0 aromatic carbocycles. The van der Waals surface area contributed by atoms with Gasteiger partial charge in [-0.3, -0.25) is 14.5 Å². The van der Waals surface area contributed by atoms with Crippen LogP contribution < -0.4 is 0 Å². The highest BCUT2D eigenvalue weighted by Crippen LogP contribution is 2.09. The van der Waals surface area contributed by atoms with Crippen molar-refractivity contribution in [3.8, 4) is 0 Å². The minimum Gasteiger partial charge on any atom is -0.480 e. The summed E-state index contributed by atoms with van der Waals surface area (Å²) in [6.45, 7) is 3.89. The first kappa shape index (κ1) is 13.5. The zero-order chi connectivity index (χ0) is 14.0. The van der Waals surface area contributed by atoms with Crippen molar-refractivity contribution in [2.75, 3.05) is 26.2 Å². The van der Waals surface area contributed by atoms with Gasteiger partial charge in [0.15, 0.2) is 0 Å². The zero-order valence-corrected chi connectivity index (χ0v) is 11.1. The number of hydrogen-bond acceptors (Lipinski definition) is 4. The summed E-state index contributed by atoms with van der Waals surface area (Å²) in [5.41, 5.74) is 0.433. The van der Waals surface area contributed by atoms with E-state index >= 15 is 0 Å². The summed E-state index contributed by atoms with van der Waals surface area (Å²) in [6.07, 6.45) is 3.28. The maximum atomic E-state index is 12.1. The van der Waals surface area contributed by atoms with E-state index in [4.69, 9.17) is 5.11 Å². The Hall–Kier alpha value is -1.89. The van der Waals surface area contributed by atoms with Crippen LogP contribution in [0.2, 0.25) is 0 Å². The number of piperazine rings is 1. The smallest absolute Gasteiger partial charge is 0.320 e. The normalized spacial score (nSPS) is 18.3. The number of aliphatic carboxylic acids is 1. The van der Waals surface area contributed by atoms with Crippen molar-refractivity contribution in [2.24, 2.45) is 7.05 Å². The number of rotatable bonds is 3. The van der Waals surface area contributed by atoms with Gasteiger partial charge in [0.2, 0.25) is 0 Å². The number of amides is 1. The molecule has 1 aromatic rings. The van der Waals surface area contributed by atoms with E-state index in [1.165, 1.54) is 0 Å². The number of hydrogen-bond donors (Lipinski definition) is 1. The van der Waals surface area contributed by atoms with Crippen LogP contribution in [0, 0.1) is 0 Å². The Morgan fingerprint density at radius 3 is 2.42 bits per heavy atom. The van der Waals surface area contributed by atoms with Crippen molar-refractivity contribution in [3.05, 3.63) is 18.2 Å². The number of carbonyl (C=O) groups excluding carboxylic acids is 1. The summed E-state index contributed by atoms with van der Waals surface area (Å²) in [7, 11) is 1.82. The summed E-state index contributed by atoms with van der Waals surface area (Å²) in [4.78, 5) is 30.7. The van der Waals surface area contributed by atoms with Gasteiger partial charge in [-0.2, -0.15) is 0 Å². The van der Waals surface area contributed by atoms with Crippen molar-refractivity contribution in [1.29, 1.82) is 0 Å². The second-order valence-electron chi connectivity index (χ2n) is 4.77. The fourth-order valence-corrected chi connectivity index (χ4v) is 2.15. The number of carbonyl (C=O) groups is 2. The quantitative estimate of drug-likeness (QED) is 0.809. The lowest BCUT2D eigenvalue weighted by atomic mass is 10.2. The van der Waals surface area contributed by atoms with Crippen molar-refractivity contribution >= 4 is 11.9 Å². The Labute approximate surface area is 111 Å². The van der Waals surface area contributed by atoms with Crippen LogP contribution >= 0.6 is 0 Å². The Morgan fingerprint density at radius 2 is 1.95 bits per heavy atom. The number of carboxylic acid groups (broad SMARTS) is 1. The Balaban J connectivity index is 1.93. The molecule has 104 valence electrons. The Morgan fingerprint density at radius 1 is 1.32 bits per heavy atom. The van der Waals surface area contributed by atoms with Gasteiger partial charge in [-0.05, 0) is 6.92 Å². The second-order valence-corrected chi connectivity index (χ2v) is 4.77. The molecule has 1 aromatic heterocycles. The Bertz CT molecular complexity index is 477. The zero-order valence-electron chi connectivity index (χ0n) is 11.1. The molecule has 1 atom stereocenters. The number of imidazole rings is 1. The van der Waals surface area contributed by atoms with Crippen LogP contribution in [0.5, 0.6) is 0 Å². The van der Waals surface area contributed by atoms with Gasteiger partial charge in [-0.1, -0.05) is 0 Å². The van der Waals surface area contributed by atoms with Gasteiger partial charge in [0.25, 0.3) is 5.91 Å². The van der Waals surface area contributed by atoms with E-state index in [-0.39, 0.29) is 5.91 Å². The van der Waals surface area contributed by atoms with Crippen LogP contribution in [0.4, 0.5) is 0 Å². The first-order valence-corrected chi connectivity index (χ1v) is 6.23. The van der Waals surface area contributed by atoms with Gasteiger partial charge in [0, 0.05) is 39.4 Å². The highest BCUT2D eigenvalue weighted by atomic mass is 16.4. The van der Waals surface area contributed by atoms with E-state index in [2.05, 4.69) is 4.98 Å². The maximum Gasteiger partial charge on any atom is 0.320 e. The molecular weight excluding hydrogens is 248 g/mol. The van der Waals surface area contributed by atoms with E-state index in [0.29, 0.717) is 31.9 Å². The van der Waals surface area contributed by atoms with Gasteiger partial charge in [-0.15, -0.1) is 0 Å². The molecule has 1 N–H and O–H groups in total. The third-order valence-electron chi connectivity index (χ3n) is 3.43. The van der Waals surface area contributed by atoms with Crippen LogP contribution in [0.1, 0.15) is 17.4 Å². The van der Waals surface area contributed by atoms with Crippen molar-refractivity contribution < 1.29 is 14.7 Å². The first-order valence-electron chi connectivity index (χ1n) is 6.23. The van der Waals surface area contributed by atoms with E-state index in [1.54, 1.807) is 28.9 Å². The predicted molar refractivity (Wildman–Crippen MR) is 67.8 cm³/mol.